The number of aliphatic carboxylic acids is 1. The van der Waals surface area contributed by atoms with E-state index in [9.17, 15) is 28.1 Å². The van der Waals surface area contributed by atoms with E-state index in [0.717, 1.165) is 18.2 Å². The molecule has 0 amide bonds. The third-order valence-electron chi connectivity index (χ3n) is 2.18. The number of alkyl halides is 3. The van der Waals surface area contributed by atoms with E-state index in [-0.39, 0.29) is 15.8 Å². The number of rotatable bonds is 5. The summed E-state index contributed by atoms with van der Waals surface area (Å²) in [5.41, 5.74) is -0.404. The third-order valence-corrected chi connectivity index (χ3v) is 2.81. The highest BCUT2D eigenvalue weighted by Gasteiger charge is 2.32. The van der Waals surface area contributed by atoms with Gasteiger partial charge in [-0.15, -0.1) is 0 Å². The molecule has 0 bridgehead atoms. The number of carbonyl (C=O) groups is 1. The molecule has 1 aromatic rings. The van der Waals surface area contributed by atoms with Crippen LogP contribution in [0.2, 0.25) is 0 Å². The van der Waals surface area contributed by atoms with Gasteiger partial charge in [0.2, 0.25) is 0 Å². The smallest absolute Gasteiger partial charge is 0.405 e. The van der Waals surface area contributed by atoms with Crippen molar-refractivity contribution in [3.8, 4) is 0 Å². The molecule has 1 rings (SSSR count). The van der Waals surface area contributed by atoms with Crippen LogP contribution >= 0.6 is 15.9 Å². The summed E-state index contributed by atoms with van der Waals surface area (Å²) < 4.78 is 37.3. The molecule has 0 radical (unpaired) electrons. The second-order valence-corrected chi connectivity index (χ2v) is 4.61. The second-order valence-electron chi connectivity index (χ2n) is 3.76. The van der Waals surface area contributed by atoms with Crippen molar-refractivity contribution in [1.29, 1.82) is 0 Å². The lowest BCUT2D eigenvalue weighted by molar-refractivity contribution is -0.384. The van der Waals surface area contributed by atoms with Crippen LogP contribution in [0.25, 0.3) is 0 Å². The van der Waals surface area contributed by atoms with Crippen LogP contribution in [0.15, 0.2) is 22.7 Å². The van der Waals surface area contributed by atoms with Gasteiger partial charge in [-0.05, 0) is 22.0 Å². The summed E-state index contributed by atoms with van der Waals surface area (Å²) in [7, 11) is 0. The van der Waals surface area contributed by atoms with Gasteiger partial charge in [0.05, 0.1) is 10.6 Å². The number of carboxylic acid groups (broad SMARTS) is 1. The number of nitrogens with zero attached hydrogens (tertiary/aromatic N) is 2. The van der Waals surface area contributed by atoms with Crippen molar-refractivity contribution in [2.45, 2.75) is 6.18 Å². The minimum atomic E-state index is -4.60. The van der Waals surface area contributed by atoms with Gasteiger partial charge in [0.1, 0.15) is 13.1 Å². The van der Waals surface area contributed by atoms with Crippen molar-refractivity contribution < 1.29 is 28.0 Å². The standard InChI is InChI=1S/C10H8BrF3N2O4/c11-7-3-6(16(19)20)1-2-8(7)15(4-9(17)18)5-10(12,13)14/h1-3H,4-5H2,(H,17,18). The molecule has 0 fully saturated rings. The Hall–Kier alpha value is -1.84. The monoisotopic (exact) mass is 356 g/mol. The lowest BCUT2D eigenvalue weighted by Gasteiger charge is -2.25. The van der Waals surface area contributed by atoms with Crippen LogP contribution in [0.4, 0.5) is 24.5 Å². The number of halogens is 4. The number of non-ortho nitro benzene ring substituents is 1. The van der Waals surface area contributed by atoms with Crippen LogP contribution in [0.3, 0.4) is 0 Å². The number of benzene rings is 1. The van der Waals surface area contributed by atoms with E-state index in [4.69, 9.17) is 5.11 Å². The molecule has 0 aliphatic carbocycles. The van der Waals surface area contributed by atoms with E-state index in [1.54, 1.807) is 0 Å². The first-order valence-corrected chi connectivity index (χ1v) is 5.87. The number of carboxylic acids is 1. The quantitative estimate of drug-likeness (QED) is 0.647. The molecule has 0 aliphatic heterocycles. The Morgan fingerprint density at radius 2 is 2.05 bits per heavy atom. The lowest BCUT2D eigenvalue weighted by atomic mass is 10.2. The molecule has 1 aromatic carbocycles. The largest absolute Gasteiger partial charge is 0.480 e. The zero-order valence-corrected chi connectivity index (χ0v) is 11.3. The van der Waals surface area contributed by atoms with Crippen LogP contribution in [-0.2, 0) is 4.79 Å². The Balaban J connectivity index is 3.13. The first-order chi connectivity index (χ1) is 9.10. The van der Waals surface area contributed by atoms with Gasteiger partial charge in [-0.2, -0.15) is 13.2 Å². The van der Waals surface area contributed by atoms with Crippen molar-refractivity contribution >= 4 is 33.3 Å². The fourth-order valence-electron chi connectivity index (χ4n) is 1.47. The van der Waals surface area contributed by atoms with Gasteiger partial charge in [0, 0.05) is 16.6 Å². The molecule has 0 unspecified atom stereocenters. The first kappa shape index (κ1) is 16.2. The topological polar surface area (TPSA) is 83.7 Å². The van der Waals surface area contributed by atoms with Crippen LogP contribution in [0.5, 0.6) is 0 Å². The number of anilines is 1. The van der Waals surface area contributed by atoms with Gasteiger partial charge < -0.3 is 10.0 Å². The molecule has 6 nitrogen and oxygen atoms in total. The summed E-state index contributed by atoms with van der Waals surface area (Å²) in [6.45, 7) is -2.36. The average molecular weight is 357 g/mol. The fraction of sp³-hybridized carbons (Fsp3) is 0.300. The molecule has 0 aromatic heterocycles. The highest BCUT2D eigenvalue weighted by atomic mass is 79.9. The Labute approximate surface area is 119 Å². The van der Waals surface area contributed by atoms with E-state index >= 15 is 0 Å². The normalized spacial score (nSPS) is 11.2. The minimum absolute atomic E-state index is 0.0113. The van der Waals surface area contributed by atoms with Gasteiger partial charge in [-0.3, -0.25) is 14.9 Å². The molecule has 0 saturated carbocycles. The van der Waals surface area contributed by atoms with E-state index < -0.39 is 30.2 Å². The van der Waals surface area contributed by atoms with E-state index in [2.05, 4.69) is 15.9 Å². The minimum Gasteiger partial charge on any atom is -0.480 e. The molecule has 10 heteroatoms. The zero-order chi connectivity index (χ0) is 15.5. The SMILES string of the molecule is O=C(O)CN(CC(F)(F)F)c1ccc([N+](=O)[O-])cc1Br. The van der Waals surface area contributed by atoms with Crippen molar-refractivity contribution in [3.05, 3.63) is 32.8 Å². The molecular formula is C10H8BrF3N2O4. The number of hydrogen-bond donors (Lipinski definition) is 1. The van der Waals surface area contributed by atoms with Crippen LogP contribution in [0.1, 0.15) is 0 Å². The highest BCUT2D eigenvalue weighted by Crippen LogP contribution is 2.32. The van der Waals surface area contributed by atoms with E-state index in [0.29, 0.717) is 4.90 Å². The first-order valence-electron chi connectivity index (χ1n) is 5.07. The number of nitro benzene ring substituents is 1. The molecule has 110 valence electrons. The van der Waals surface area contributed by atoms with Crippen LogP contribution < -0.4 is 4.90 Å². The van der Waals surface area contributed by atoms with Crippen molar-refractivity contribution in [2.75, 3.05) is 18.0 Å². The van der Waals surface area contributed by atoms with Crippen molar-refractivity contribution in [2.24, 2.45) is 0 Å². The molecule has 20 heavy (non-hydrogen) atoms. The fourth-order valence-corrected chi connectivity index (χ4v) is 2.09. The Morgan fingerprint density at radius 1 is 1.45 bits per heavy atom. The Kier molecular flexibility index (Phi) is 4.93. The summed E-state index contributed by atoms with van der Waals surface area (Å²) in [6.07, 6.45) is -4.60. The number of nitro groups is 1. The van der Waals surface area contributed by atoms with Gasteiger partial charge >= 0.3 is 12.1 Å². The second kappa shape index (κ2) is 6.07. The van der Waals surface area contributed by atoms with Gasteiger partial charge in [0.25, 0.3) is 5.69 Å². The van der Waals surface area contributed by atoms with Crippen molar-refractivity contribution in [3.63, 3.8) is 0 Å². The van der Waals surface area contributed by atoms with Gasteiger partial charge in [-0.1, -0.05) is 0 Å². The molecule has 1 N–H and O–H groups in total. The summed E-state index contributed by atoms with van der Waals surface area (Å²) in [6, 6.07) is 3.09. The molecule has 0 spiro atoms. The zero-order valence-electron chi connectivity index (χ0n) is 9.72. The van der Waals surface area contributed by atoms with E-state index in [1.165, 1.54) is 0 Å². The molecule has 0 aliphatic rings. The van der Waals surface area contributed by atoms with Crippen molar-refractivity contribution in [1.82, 2.24) is 0 Å². The van der Waals surface area contributed by atoms with Crippen LogP contribution in [-0.4, -0.2) is 35.3 Å². The maximum atomic E-state index is 12.4. The predicted octanol–water partition coefficient (Wildman–Crippen LogP) is 2.81. The highest BCUT2D eigenvalue weighted by molar-refractivity contribution is 9.10. The summed E-state index contributed by atoms with van der Waals surface area (Å²) >= 11 is 2.91. The molecular weight excluding hydrogens is 349 g/mol. The maximum absolute atomic E-state index is 12.4. The third kappa shape index (κ3) is 4.68. The Morgan fingerprint density at radius 3 is 2.45 bits per heavy atom. The molecule has 0 saturated heterocycles. The molecule has 0 heterocycles. The lowest BCUT2D eigenvalue weighted by Crippen LogP contribution is -2.38. The summed E-state index contributed by atoms with van der Waals surface area (Å²) in [5.74, 6) is -1.44. The summed E-state index contributed by atoms with van der Waals surface area (Å²) in [4.78, 5) is 21.0. The van der Waals surface area contributed by atoms with Gasteiger partial charge in [-0.25, -0.2) is 0 Å². The molecule has 0 atom stereocenters. The predicted molar refractivity (Wildman–Crippen MR) is 66.7 cm³/mol. The van der Waals surface area contributed by atoms with Crippen LogP contribution in [0, 0.1) is 10.1 Å². The van der Waals surface area contributed by atoms with E-state index in [1.807, 2.05) is 0 Å². The summed E-state index contributed by atoms with van der Waals surface area (Å²) in [5, 5.41) is 19.2. The Bertz CT molecular complexity index is 536. The van der Waals surface area contributed by atoms with Gasteiger partial charge in [0.15, 0.2) is 0 Å². The average Bonchev–Trinajstić information content (AvgIpc) is 2.25. The maximum Gasteiger partial charge on any atom is 0.405 e. The number of hydrogen-bond acceptors (Lipinski definition) is 4.